The van der Waals surface area contributed by atoms with E-state index in [1.807, 2.05) is 0 Å². The maximum atomic E-state index is 12.7. The number of nitrogens with one attached hydrogen (secondary N) is 1. The second kappa shape index (κ2) is 4.73. The lowest BCUT2D eigenvalue weighted by Crippen LogP contribution is -2.46. The summed E-state index contributed by atoms with van der Waals surface area (Å²) >= 11 is 0. The number of anilines is 1. The molecule has 1 unspecified atom stereocenters. The van der Waals surface area contributed by atoms with E-state index in [1.165, 1.54) is 12.1 Å². The van der Waals surface area contributed by atoms with Crippen LogP contribution in [0.25, 0.3) is 0 Å². The lowest BCUT2D eigenvalue weighted by Gasteiger charge is -2.23. The highest BCUT2D eigenvalue weighted by molar-refractivity contribution is 6.10. The fourth-order valence-corrected chi connectivity index (χ4v) is 2.34. The SMILES string of the molecule is CC1(C)NN(c2cccc(C(F)(F)F)c2)C(=O)C1C(N)=O. The Morgan fingerprint density at radius 3 is 2.48 bits per heavy atom. The third kappa shape index (κ3) is 2.71. The minimum absolute atomic E-state index is 0.00616. The van der Waals surface area contributed by atoms with E-state index >= 15 is 0 Å². The van der Waals surface area contributed by atoms with Gasteiger partial charge in [-0.3, -0.25) is 9.59 Å². The zero-order chi connectivity index (χ0) is 16.0. The van der Waals surface area contributed by atoms with Crippen molar-refractivity contribution in [2.24, 2.45) is 11.7 Å². The Morgan fingerprint density at radius 2 is 2.00 bits per heavy atom. The smallest absolute Gasteiger partial charge is 0.369 e. The van der Waals surface area contributed by atoms with E-state index in [0.29, 0.717) is 0 Å². The fourth-order valence-electron chi connectivity index (χ4n) is 2.34. The van der Waals surface area contributed by atoms with Gasteiger partial charge in [0.15, 0.2) is 0 Å². The summed E-state index contributed by atoms with van der Waals surface area (Å²) in [6.45, 7) is 3.15. The summed E-state index contributed by atoms with van der Waals surface area (Å²) in [5.41, 5.74) is 6.07. The van der Waals surface area contributed by atoms with E-state index in [1.54, 1.807) is 13.8 Å². The van der Waals surface area contributed by atoms with Crippen LogP contribution in [0.4, 0.5) is 18.9 Å². The van der Waals surface area contributed by atoms with Gasteiger partial charge in [0.05, 0.1) is 16.8 Å². The first-order valence-electron chi connectivity index (χ1n) is 6.12. The van der Waals surface area contributed by atoms with Gasteiger partial charge in [-0.1, -0.05) is 6.07 Å². The molecule has 0 aliphatic carbocycles. The Bertz CT molecular complexity index is 599. The summed E-state index contributed by atoms with van der Waals surface area (Å²) in [6, 6.07) is 4.28. The quantitative estimate of drug-likeness (QED) is 0.812. The second-order valence-corrected chi connectivity index (χ2v) is 5.39. The van der Waals surface area contributed by atoms with E-state index in [-0.39, 0.29) is 5.69 Å². The molecule has 1 aromatic rings. The summed E-state index contributed by atoms with van der Waals surface area (Å²) in [5.74, 6) is -2.65. The first kappa shape index (κ1) is 15.3. The number of halogens is 3. The third-order valence-corrected chi connectivity index (χ3v) is 3.31. The minimum atomic E-state index is -4.52. The molecule has 1 aromatic carbocycles. The van der Waals surface area contributed by atoms with Crippen molar-refractivity contribution in [3.8, 4) is 0 Å². The van der Waals surface area contributed by atoms with Crippen LogP contribution in [0.5, 0.6) is 0 Å². The van der Waals surface area contributed by atoms with Crippen molar-refractivity contribution >= 4 is 17.5 Å². The molecule has 3 N–H and O–H groups in total. The molecule has 0 saturated carbocycles. The molecule has 0 aromatic heterocycles. The van der Waals surface area contributed by atoms with Crippen molar-refractivity contribution in [3.05, 3.63) is 29.8 Å². The maximum Gasteiger partial charge on any atom is 0.416 e. The van der Waals surface area contributed by atoms with Crippen LogP contribution in [0.15, 0.2) is 24.3 Å². The van der Waals surface area contributed by atoms with Crippen LogP contribution in [0.2, 0.25) is 0 Å². The first-order valence-corrected chi connectivity index (χ1v) is 6.12. The third-order valence-electron chi connectivity index (χ3n) is 3.31. The second-order valence-electron chi connectivity index (χ2n) is 5.39. The standard InChI is InChI=1S/C13H14F3N3O2/c1-12(2)9(10(17)20)11(21)19(18-12)8-5-3-4-7(6-8)13(14,15)16/h3-6,9,18H,1-2H3,(H2,17,20). The minimum Gasteiger partial charge on any atom is -0.369 e. The van der Waals surface area contributed by atoms with Crippen molar-refractivity contribution in [2.45, 2.75) is 25.6 Å². The van der Waals surface area contributed by atoms with Crippen LogP contribution in [0, 0.1) is 5.92 Å². The Balaban J connectivity index is 2.40. The van der Waals surface area contributed by atoms with Gasteiger partial charge in [-0.2, -0.15) is 13.2 Å². The molecule has 2 amide bonds. The molecule has 1 fully saturated rings. The Morgan fingerprint density at radius 1 is 1.38 bits per heavy atom. The predicted octanol–water partition coefficient (Wildman–Crippen LogP) is 1.44. The number of carbonyl (C=O) groups is 2. The van der Waals surface area contributed by atoms with Gasteiger partial charge in [-0.25, -0.2) is 10.4 Å². The van der Waals surface area contributed by atoms with Gasteiger partial charge < -0.3 is 5.73 Å². The van der Waals surface area contributed by atoms with Crippen LogP contribution in [0.3, 0.4) is 0 Å². The molecule has 5 nitrogen and oxygen atoms in total. The van der Waals surface area contributed by atoms with E-state index in [0.717, 1.165) is 17.1 Å². The van der Waals surface area contributed by atoms with Gasteiger partial charge in [-0.15, -0.1) is 0 Å². The Hall–Kier alpha value is -2.09. The number of alkyl halides is 3. The average Bonchev–Trinajstić information content (AvgIpc) is 2.58. The number of nitrogens with two attached hydrogens (primary N) is 1. The van der Waals surface area contributed by atoms with Crippen molar-refractivity contribution in [2.75, 3.05) is 5.01 Å². The van der Waals surface area contributed by atoms with Gasteiger partial charge in [0.2, 0.25) is 5.91 Å². The van der Waals surface area contributed by atoms with Gasteiger partial charge in [-0.05, 0) is 32.0 Å². The predicted molar refractivity (Wildman–Crippen MR) is 68.8 cm³/mol. The molecule has 1 atom stereocenters. The zero-order valence-electron chi connectivity index (χ0n) is 11.4. The van der Waals surface area contributed by atoms with Crippen molar-refractivity contribution in [1.29, 1.82) is 0 Å². The molecule has 2 rings (SSSR count). The van der Waals surface area contributed by atoms with Crippen LogP contribution in [0.1, 0.15) is 19.4 Å². The Kier molecular flexibility index (Phi) is 3.45. The van der Waals surface area contributed by atoms with Crippen molar-refractivity contribution in [3.63, 3.8) is 0 Å². The highest BCUT2D eigenvalue weighted by Crippen LogP contribution is 2.34. The molecule has 1 saturated heterocycles. The molecule has 0 bridgehead atoms. The average molecular weight is 301 g/mol. The molecular formula is C13H14F3N3O2. The molecule has 1 aliphatic heterocycles. The summed E-state index contributed by atoms with van der Waals surface area (Å²) in [7, 11) is 0. The number of hydrogen-bond acceptors (Lipinski definition) is 3. The normalized spacial score (nSPS) is 21.7. The summed E-state index contributed by atoms with van der Waals surface area (Å²) in [6.07, 6.45) is -4.52. The highest BCUT2D eigenvalue weighted by atomic mass is 19.4. The molecule has 1 heterocycles. The number of hydrazine groups is 1. The molecule has 1 aliphatic rings. The number of carbonyl (C=O) groups excluding carboxylic acids is 2. The molecule has 0 radical (unpaired) electrons. The van der Waals surface area contributed by atoms with Gasteiger partial charge in [0.25, 0.3) is 5.91 Å². The highest BCUT2D eigenvalue weighted by Gasteiger charge is 2.50. The van der Waals surface area contributed by atoms with Crippen LogP contribution < -0.4 is 16.2 Å². The fraction of sp³-hybridized carbons (Fsp3) is 0.385. The topological polar surface area (TPSA) is 75.4 Å². The monoisotopic (exact) mass is 301 g/mol. The zero-order valence-corrected chi connectivity index (χ0v) is 11.4. The Labute approximate surface area is 118 Å². The van der Waals surface area contributed by atoms with Crippen LogP contribution >= 0.6 is 0 Å². The van der Waals surface area contributed by atoms with Crippen molar-refractivity contribution in [1.82, 2.24) is 5.43 Å². The van der Waals surface area contributed by atoms with Gasteiger partial charge >= 0.3 is 6.18 Å². The molecule has 0 spiro atoms. The maximum absolute atomic E-state index is 12.7. The number of primary amides is 1. The molecule has 8 heteroatoms. The lowest BCUT2D eigenvalue weighted by atomic mass is 9.89. The number of nitrogens with zero attached hydrogens (tertiary/aromatic N) is 1. The molecule has 21 heavy (non-hydrogen) atoms. The van der Waals surface area contributed by atoms with Crippen LogP contribution in [-0.4, -0.2) is 17.4 Å². The van der Waals surface area contributed by atoms with E-state index in [4.69, 9.17) is 5.73 Å². The van der Waals surface area contributed by atoms with Gasteiger partial charge in [0.1, 0.15) is 5.92 Å². The number of rotatable bonds is 2. The number of amides is 2. The van der Waals surface area contributed by atoms with Gasteiger partial charge in [0, 0.05) is 0 Å². The first-order chi connectivity index (χ1) is 9.54. The summed E-state index contributed by atoms with van der Waals surface area (Å²) < 4.78 is 38.1. The van der Waals surface area contributed by atoms with Crippen LogP contribution in [-0.2, 0) is 15.8 Å². The summed E-state index contributed by atoms with van der Waals surface area (Å²) in [5, 5.41) is 0.935. The summed E-state index contributed by atoms with van der Waals surface area (Å²) in [4.78, 5) is 23.6. The largest absolute Gasteiger partial charge is 0.416 e. The van der Waals surface area contributed by atoms with E-state index in [9.17, 15) is 22.8 Å². The molecule has 114 valence electrons. The number of hydrogen-bond donors (Lipinski definition) is 2. The number of benzene rings is 1. The van der Waals surface area contributed by atoms with E-state index in [2.05, 4.69) is 5.43 Å². The van der Waals surface area contributed by atoms with Crippen molar-refractivity contribution < 1.29 is 22.8 Å². The lowest BCUT2D eigenvalue weighted by molar-refractivity contribution is -0.137. The van der Waals surface area contributed by atoms with E-state index < -0.39 is 35.0 Å². The molecular weight excluding hydrogens is 287 g/mol.